The Kier molecular flexibility index (Phi) is 3.20. The minimum atomic E-state index is -0.389. The standard InChI is InChI=1S/C10H17N3O2/c14-9-6-8(12-13-9)10(15)11-7-4-2-1-3-5-7/h7-8,12H,1-6H2,(H,11,15)(H,13,14). The molecule has 2 aliphatic rings. The van der Waals surface area contributed by atoms with Crippen molar-refractivity contribution in [2.45, 2.75) is 50.6 Å². The minimum absolute atomic E-state index is 0.0553. The van der Waals surface area contributed by atoms with Gasteiger partial charge in [0.2, 0.25) is 11.8 Å². The molecule has 3 N–H and O–H groups in total. The van der Waals surface area contributed by atoms with Gasteiger partial charge in [-0.25, -0.2) is 5.43 Å². The van der Waals surface area contributed by atoms with Gasteiger partial charge < -0.3 is 5.32 Å². The van der Waals surface area contributed by atoms with Gasteiger partial charge in [0.25, 0.3) is 0 Å². The van der Waals surface area contributed by atoms with Crippen LogP contribution < -0.4 is 16.2 Å². The van der Waals surface area contributed by atoms with E-state index in [1.54, 1.807) is 0 Å². The van der Waals surface area contributed by atoms with Gasteiger partial charge in [-0.2, -0.15) is 0 Å². The van der Waals surface area contributed by atoms with Gasteiger partial charge in [0, 0.05) is 6.04 Å². The summed E-state index contributed by atoms with van der Waals surface area (Å²) in [5.41, 5.74) is 5.12. The molecule has 0 aromatic rings. The summed E-state index contributed by atoms with van der Waals surface area (Å²) in [6.45, 7) is 0. The molecule has 5 heteroatoms. The molecule has 0 spiro atoms. The number of hydrogen-bond donors (Lipinski definition) is 3. The lowest BCUT2D eigenvalue weighted by Gasteiger charge is -2.23. The Morgan fingerprint density at radius 3 is 2.60 bits per heavy atom. The van der Waals surface area contributed by atoms with Crippen molar-refractivity contribution >= 4 is 11.8 Å². The Bertz CT molecular complexity index is 261. The second kappa shape index (κ2) is 4.61. The Morgan fingerprint density at radius 2 is 2.00 bits per heavy atom. The third kappa shape index (κ3) is 2.68. The number of nitrogens with one attached hydrogen (secondary N) is 3. The maximum Gasteiger partial charge on any atom is 0.239 e. The van der Waals surface area contributed by atoms with Crippen molar-refractivity contribution in [1.29, 1.82) is 0 Å². The highest BCUT2D eigenvalue weighted by Gasteiger charge is 2.29. The smallest absolute Gasteiger partial charge is 0.239 e. The number of rotatable bonds is 2. The highest BCUT2D eigenvalue weighted by atomic mass is 16.2. The molecular formula is C10H17N3O2. The van der Waals surface area contributed by atoms with E-state index in [1.165, 1.54) is 19.3 Å². The molecule has 0 aromatic heterocycles. The van der Waals surface area contributed by atoms with E-state index in [0.717, 1.165) is 12.8 Å². The van der Waals surface area contributed by atoms with Crippen LogP contribution in [-0.4, -0.2) is 23.9 Å². The highest BCUT2D eigenvalue weighted by molar-refractivity contribution is 5.90. The van der Waals surface area contributed by atoms with Crippen LogP contribution in [-0.2, 0) is 9.59 Å². The molecule has 1 aliphatic heterocycles. The zero-order chi connectivity index (χ0) is 10.7. The Hall–Kier alpha value is -1.10. The lowest BCUT2D eigenvalue weighted by atomic mass is 9.95. The van der Waals surface area contributed by atoms with Crippen LogP contribution in [0.2, 0.25) is 0 Å². The number of carbonyl (C=O) groups excluding carboxylic acids is 2. The highest BCUT2D eigenvalue weighted by Crippen LogP contribution is 2.17. The average molecular weight is 211 g/mol. The Morgan fingerprint density at radius 1 is 1.27 bits per heavy atom. The summed E-state index contributed by atoms with van der Waals surface area (Å²) in [5, 5.41) is 2.99. The second-order valence-corrected chi connectivity index (χ2v) is 4.29. The van der Waals surface area contributed by atoms with Gasteiger partial charge in [-0.15, -0.1) is 0 Å². The molecule has 84 valence electrons. The molecule has 2 rings (SSSR count). The molecule has 1 aliphatic carbocycles. The van der Waals surface area contributed by atoms with Crippen LogP contribution >= 0.6 is 0 Å². The van der Waals surface area contributed by atoms with E-state index in [0.29, 0.717) is 6.04 Å². The van der Waals surface area contributed by atoms with Crippen molar-refractivity contribution in [3.05, 3.63) is 0 Å². The number of carbonyl (C=O) groups is 2. The van der Waals surface area contributed by atoms with Gasteiger partial charge >= 0.3 is 0 Å². The zero-order valence-electron chi connectivity index (χ0n) is 8.71. The zero-order valence-corrected chi connectivity index (χ0v) is 8.71. The monoisotopic (exact) mass is 211 g/mol. The quantitative estimate of drug-likeness (QED) is 0.594. The van der Waals surface area contributed by atoms with Crippen molar-refractivity contribution in [2.24, 2.45) is 0 Å². The molecule has 15 heavy (non-hydrogen) atoms. The predicted octanol–water partition coefficient (Wildman–Crippen LogP) is -0.172. The first kappa shape index (κ1) is 10.4. The summed E-state index contributed by atoms with van der Waals surface area (Å²) in [5.74, 6) is -0.168. The van der Waals surface area contributed by atoms with E-state index >= 15 is 0 Å². The van der Waals surface area contributed by atoms with Crippen LogP contribution in [0.5, 0.6) is 0 Å². The van der Waals surface area contributed by atoms with E-state index in [4.69, 9.17) is 0 Å². The molecule has 0 radical (unpaired) electrons. The van der Waals surface area contributed by atoms with Crippen molar-refractivity contribution in [3.8, 4) is 0 Å². The molecular weight excluding hydrogens is 194 g/mol. The van der Waals surface area contributed by atoms with Crippen LogP contribution in [0.15, 0.2) is 0 Å². The molecule has 0 aromatic carbocycles. The van der Waals surface area contributed by atoms with Crippen LogP contribution in [0.4, 0.5) is 0 Å². The molecule has 5 nitrogen and oxygen atoms in total. The van der Waals surface area contributed by atoms with Crippen LogP contribution in [0.25, 0.3) is 0 Å². The van der Waals surface area contributed by atoms with Crippen molar-refractivity contribution < 1.29 is 9.59 Å². The molecule has 2 amide bonds. The van der Waals surface area contributed by atoms with Crippen LogP contribution in [0.1, 0.15) is 38.5 Å². The first-order valence-corrected chi connectivity index (χ1v) is 5.60. The van der Waals surface area contributed by atoms with Crippen molar-refractivity contribution in [1.82, 2.24) is 16.2 Å². The van der Waals surface area contributed by atoms with E-state index in [9.17, 15) is 9.59 Å². The Labute approximate surface area is 89.0 Å². The first-order chi connectivity index (χ1) is 7.25. The predicted molar refractivity (Wildman–Crippen MR) is 54.7 cm³/mol. The largest absolute Gasteiger partial charge is 0.352 e. The van der Waals surface area contributed by atoms with Crippen LogP contribution in [0, 0.1) is 0 Å². The van der Waals surface area contributed by atoms with E-state index in [2.05, 4.69) is 16.2 Å². The fourth-order valence-electron chi connectivity index (χ4n) is 2.16. The number of hydrogen-bond acceptors (Lipinski definition) is 3. The summed E-state index contributed by atoms with van der Waals surface area (Å²) in [6.07, 6.45) is 6.05. The number of hydrazine groups is 1. The SMILES string of the molecule is O=C1CC(C(=O)NC2CCCCC2)NN1. The fraction of sp³-hybridized carbons (Fsp3) is 0.800. The summed E-state index contributed by atoms with van der Waals surface area (Å²) in [6, 6.07) is -0.0804. The molecule has 1 heterocycles. The van der Waals surface area contributed by atoms with E-state index in [-0.39, 0.29) is 24.3 Å². The average Bonchev–Trinajstić information content (AvgIpc) is 2.66. The molecule has 1 saturated carbocycles. The van der Waals surface area contributed by atoms with Gasteiger partial charge in [0.1, 0.15) is 6.04 Å². The fourth-order valence-corrected chi connectivity index (χ4v) is 2.16. The molecule has 2 fully saturated rings. The van der Waals surface area contributed by atoms with E-state index < -0.39 is 0 Å². The van der Waals surface area contributed by atoms with E-state index in [1.807, 2.05) is 0 Å². The molecule has 1 saturated heterocycles. The third-order valence-corrected chi connectivity index (χ3v) is 3.04. The van der Waals surface area contributed by atoms with Gasteiger partial charge in [0.15, 0.2) is 0 Å². The maximum absolute atomic E-state index is 11.7. The number of amides is 2. The minimum Gasteiger partial charge on any atom is -0.352 e. The second-order valence-electron chi connectivity index (χ2n) is 4.29. The lowest BCUT2D eigenvalue weighted by Crippen LogP contribution is -2.47. The normalized spacial score (nSPS) is 27.5. The Balaban J connectivity index is 1.78. The van der Waals surface area contributed by atoms with Gasteiger partial charge in [0.05, 0.1) is 6.42 Å². The van der Waals surface area contributed by atoms with Gasteiger partial charge in [-0.05, 0) is 12.8 Å². The summed E-state index contributed by atoms with van der Waals surface area (Å²) in [4.78, 5) is 22.6. The maximum atomic E-state index is 11.7. The van der Waals surface area contributed by atoms with Crippen LogP contribution in [0.3, 0.4) is 0 Å². The molecule has 1 atom stereocenters. The molecule has 0 bridgehead atoms. The van der Waals surface area contributed by atoms with Gasteiger partial charge in [-0.1, -0.05) is 19.3 Å². The van der Waals surface area contributed by atoms with Gasteiger partial charge in [-0.3, -0.25) is 15.0 Å². The molecule has 1 unspecified atom stereocenters. The first-order valence-electron chi connectivity index (χ1n) is 5.60. The topological polar surface area (TPSA) is 70.2 Å². The van der Waals surface area contributed by atoms with Crippen molar-refractivity contribution in [2.75, 3.05) is 0 Å². The third-order valence-electron chi connectivity index (χ3n) is 3.04. The summed E-state index contributed by atoms with van der Waals surface area (Å²) < 4.78 is 0. The summed E-state index contributed by atoms with van der Waals surface area (Å²) >= 11 is 0. The van der Waals surface area contributed by atoms with Crippen molar-refractivity contribution in [3.63, 3.8) is 0 Å². The lowest BCUT2D eigenvalue weighted by molar-refractivity contribution is -0.125. The summed E-state index contributed by atoms with van der Waals surface area (Å²) in [7, 11) is 0.